The van der Waals surface area contributed by atoms with E-state index in [0.29, 0.717) is 36.8 Å². The third-order valence-corrected chi connectivity index (χ3v) is 16.3. The summed E-state index contributed by atoms with van der Waals surface area (Å²) in [5.74, 6) is -9.27. The van der Waals surface area contributed by atoms with Crippen LogP contribution >= 0.6 is 0 Å². The lowest BCUT2D eigenvalue weighted by molar-refractivity contribution is -0.143. The second-order valence-corrected chi connectivity index (χ2v) is 21.8. The first kappa shape index (κ1) is 44.1. The number of nitrogens with one attached hydrogen (secondary N) is 3. The van der Waals surface area contributed by atoms with Crippen LogP contribution < -0.4 is 24.8 Å². The minimum Gasteiger partial charge on any atom is -0.497 e. The van der Waals surface area contributed by atoms with Crippen LogP contribution in [0.5, 0.6) is 11.6 Å². The fraction of sp³-hybridized carbons (Fsp3) is 0.714. The van der Waals surface area contributed by atoms with Gasteiger partial charge in [-0.1, -0.05) is 34.1 Å². The van der Waals surface area contributed by atoms with E-state index in [-0.39, 0.29) is 36.2 Å². The van der Waals surface area contributed by atoms with Crippen LogP contribution in [0.3, 0.4) is 0 Å². The molecule has 2 aliphatic heterocycles. The number of alkyl carbamates (subject to hydrolysis) is 1. The molecule has 0 unspecified atom stereocenters. The number of hydrogen-bond acceptors (Lipinski definition) is 11. The standard InChI is InChI=1S/C42H54F4N6O9S/c1-20-29-19-52(30(20)34(53)50-41(18-25(41)33(43)44)37(55)51-62(57,58)40(5)13-14-40)36(54)32(39(2,3)4)49-38(56)61-28-16-21-15-24(21)23(28)9-7-8-12-42(45,46)31-35(60-29)48-27-17-22(59-6)10-11-26(27)47-31/h10-11,17,20-21,23-25,28-30,32-33H,7-9,12-16,18-19H2,1-6H3,(H,49,56)(H,50,53)(H,51,55)/t20-,21+,23-,24+,25+,28-,29+,30+,32-,41-/m1/s1. The van der Waals surface area contributed by atoms with Gasteiger partial charge in [0.2, 0.25) is 34.1 Å². The molecule has 4 saturated carbocycles. The van der Waals surface area contributed by atoms with Gasteiger partial charge in [-0.2, -0.15) is 8.78 Å². The molecule has 2 bridgehead atoms. The fourth-order valence-corrected chi connectivity index (χ4v) is 11.1. The van der Waals surface area contributed by atoms with E-state index >= 15 is 8.78 Å². The van der Waals surface area contributed by atoms with Gasteiger partial charge in [0.05, 0.1) is 35.4 Å². The normalized spacial score (nSPS) is 34.0. The summed E-state index contributed by atoms with van der Waals surface area (Å²) in [6, 6.07) is 1.58. The van der Waals surface area contributed by atoms with Gasteiger partial charge in [0.25, 0.3) is 11.8 Å². The van der Waals surface area contributed by atoms with Crippen LogP contribution in [0.2, 0.25) is 0 Å². The molecule has 3 N–H and O–H groups in total. The number of carbonyl (C=O) groups is 4. The molecule has 3 heterocycles. The number of benzene rings is 1. The smallest absolute Gasteiger partial charge is 0.408 e. The summed E-state index contributed by atoms with van der Waals surface area (Å²) < 4.78 is 106. The van der Waals surface area contributed by atoms with Crippen molar-refractivity contribution in [1.82, 2.24) is 30.2 Å². The Bertz CT molecular complexity index is 2270. The van der Waals surface area contributed by atoms with E-state index in [1.807, 2.05) is 4.72 Å². The molecule has 4 aliphatic carbocycles. The Labute approximate surface area is 357 Å². The van der Waals surface area contributed by atoms with Crippen molar-refractivity contribution in [2.45, 2.75) is 139 Å². The fourth-order valence-electron chi connectivity index (χ4n) is 9.75. The molecule has 1 aromatic heterocycles. The molecule has 15 nitrogen and oxygen atoms in total. The SMILES string of the molecule is COc1ccc2nc3c(nc2c1)O[C@H]1CN(C(=O)[C@H](C(C)(C)C)NC(=O)O[C@@H]2C[C@@H]4C[C@@H]4[C@H]2CCCCC3(F)F)[C@H](C(=O)N[C@]2(C(=O)NS(=O)(=O)C3(C)CC3)C[C@H]2C(F)F)[C@@H]1C. The van der Waals surface area contributed by atoms with Crippen LogP contribution in [-0.2, 0) is 35.1 Å². The molecule has 0 spiro atoms. The summed E-state index contributed by atoms with van der Waals surface area (Å²) in [5, 5.41) is 5.12. The van der Waals surface area contributed by atoms with Crippen LogP contribution in [0, 0.1) is 35.0 Å². The number of nitrogens with zero attached hydrogens (tertiary/aromatic N) is 3. The zero-order valence-corrected chi connectivity index (χ0v) is 36.3. The van der Waals surface area contributed by atoms with Gasteiger partial charge in [0.15, 0.2) is 5.69 Å². The quantitative estimate of drug-likeness (QED) is 0.309. The van der Waals surface area contributed by atoms with Gasteiger partial charge >= 0.3 is 6.09 Å². The Morgan fingerprint density at radius 3 is 2.39 bits per heavy atom. The van der Waals surface area contributed by atoms with Crippen molar-refractivity contribution in [3.63, 3.8) is 0 Å². The number of ether oxygens (including phenoxy) is 3. The van der Waals surface area contributed by atoms with Crippen LogP contribution in [0.4, 0.5) is 22.4 Å². The number of sulfonamides is 1. The number of hydrogen-bond donors (Lipinski definition) is 3. The molecule has 6 aliphatic rings. The predicted octanol–water partition coefficient (Wildman–Crippen LogP) is 5.20. The topological polar surface area (TPSA) is 195 Å². The average Bonchev–Trinajstić information content (AvgIpc) is 4.15. The molecule has 2 aromatic rings. The van der Waals surface area contributed by atoms with Crippen molar-refractivity contribution in [2.75, 3.05) is 13.7 Å². The van der Waals surface area contributed by atoms with E-state index in [9.17, 15) is 36.4 Å². The molecule has 1 saturated heterocycles. The monoisotopic (exact) mass is 894 g/mol. The van der Waals surface area contributed by atoms with E-state index in [1.165, 1.54) is 33.1 Å². The molecular formula is C42H54F4N6O9S. The van der Waals surface area contributed by atoms with Crippen LogP contribution in [0.25, 0.3) is 11.0 Å². The number of methoxy groups -OCH3 is 1. The summed E-state index contributed by atoms with van der Waals surface area (Å²) in [4.78, 5) is 66.8. The Hall–Kier alpha value is -4.49. The molecule has 8 rings (SSSR count). The largest absolute Gasteiger partial charge is 0.497 e. The van der Waals surface area contributed by atoms with Gasteiger partial charge in [0.1, 0.15) is 35.6 Å². The van der Waals surface area contributed by atoms with E-state index < -0.39 is 129 Å². The Kier molecular flexibility index (Phi) is 10.9. The van der Waals surface area contributed by atoms with E-state index in [0.717, 1.165) is 11.3 Å². The third kappa shape index (κ3) is 8.01. The maximum atomic E-state index is 16.5. The summed E-state index contributed by atoms with van der Waals surface area (Å²) in [7, 11) is -2.89. The molecule has 1 aromatic carbocycles. The zero-order valence-electron chi connectivity index (χ0n) is 35.5. The highest BCUT2D eigenvalue weighted by Gasteiger charge is 2.68. The van der Waals surface area contributed by atoms with E-state index in [2.05, 4.69) is 20.6 Å². The summed E-state index contributed by atoms with van der Waals surface area (Å²) in [6.07, 6.45) is -3.85. The second kappa shape index (κ2) is 15.3. The number of alkyl halides is 4. The second-order valence-electron chi connectivity index (χ2n) is 19.6. The summed E-state index contributed by atoms with van der Waals surface area (Å²) in [6.45, 7) is 7.50. The number of aromatic nitrogens is 2. The van der Waals surface area contributed by atoms with E-state index in [1.54, 1.807) is 26.8 Å². The van der Waals surface area contributed by atoms with Gasteiger partial charge in [-0.3, -0.25) is 19.1 Å². The van der Waals surface area contributed by atoms with Gasteiger partial charge in [0, 0.05) is 18.4 Å². The minimum absolute atomic E-state index is 0.0595. The number of carbonyl (C=O) groups excluding carboxylic acids is 4. The van der Waals surface area contributed by atoms with Crippen LogP contribution in [-0.4, -0.2) is 102 Å². The average molecular weight is 895 g/mol. The van der Waals surface area contributed by atoms with Crippen LogP contribution in [0.1, 0.15) is 98.1 Å². The Morgan fingerprint density at radius 1 is 1.02 bits per heavy atom. The minimum atomic E-state index is -4.31. The lowest BCUT2D eigenvalue weighted by atomic mass is 9.85. The first-order valence-electron chi connectivity index (χ1n) is 21.3. The lowest BCUT2D eigenvalue weighted by Crippen LogP contribution is -2.61. The molecule has 340 valence electrons. The number of halogens is 4. The first-order chi connectivity index (χ1) is 29.0. The number of amides is 4. The zero-order chi connectivity index (χ0) is 44.9. The van der Waals surface area contributed by atoms with Crippen molar-refractivity contribution in [2.24, 2.45) is 35.0 Å². The highest BCUT2D eigenvalue weighted by Crippen LogP contribution is 2.58. The highest BCUT2D eigenvalue weighted by atomic mass is 32.2. The van der Waals surface area contributed by atoms with Gasteiger partial charge in [-0.05, 0) is 87.2 Å². The Morgan fingerprint density at radius 2 is 1.74 bits per heavy atom. The molecule has 10 atom stereocenters. The Balaban J connectivity index is 1.18. The van der Waals surface area contributed by atoms with Crippen LogP contribution in [0.15, 0.2) is 18.2 Å². The molecule has 0 radical (unpaired) electrons. The van der Waals surface area contributed by atoms with Gasteiger partial charge in [-0.15, -0.1) is 0 Å². The maximum absolute atomic E-state index is 16.5. The summed E-state index contributed by atoms with van der Waals surface area (Å²) in [5.41, 5.74) is -3.83. The highest BCUT2D eigenvalue weighted by molar-refractivity contribution is 7.91. The maximum Gasteiger partial charge on any atom is 0.408 e. The number of rotatable bonds is 7. The third-order valence-electron chi connectivity index (χ3n) is 14.1. The molecule has 5 fully saturated rings. The van der Waals surface area contributed by atoms with Gasteiger partial charge in [-0.25, -0.2) is 32.0 Å². The number of fused-ring (bicyclic) bond motifs is 7. The lowest BCUT2D eigenvalue weighted by Gasteiger charge is -2.36. The van der Waals surface area contributed by atoms with Crippen molar-refractivity contribution in [3.8, 4) is 11.6 Å². The van der Waals surface area contributed by atoms with Crippen molar-refractivity contribution in [3.05, 3.63) is 23.9 Å². The molecular weight excluding hydrogens is 841 g/mol. The predicted molar refractivity (Wildman–Crippen MR) is 214 cm³/mol. The molecule has 20 heteroatoms. The summed E-state index contributed by atoms with van der Waals surface area (Å²) >= 11 is 0. The van der Waals surface area contributed by atoms with Crippen molar-refractivity contribution < 1.29 is 59.4 Å². The van der Waals surface area contributed by atoms with E-state index in [4.69, 9.17) is 14.2 Å². The van der Waals surface area contributed by atoms with Gasteiger partial charge < -0.3 is 29.7 Å². The molecule has 62 heavy (non-hydrogen) atoms. The molecule has 4 amide bonds. The van der Waals surface area contributed by atoms with Crippen molar-refractivity contribution >= 4 is 44.9 Å². The first-order valence-corrected chi connectivity index (χ1v) is 22.8. The van der Waals surface area contributed by atoms with Crippen molar-refractivity contribution in [1.29, 1.82) is 0 Å².